The van der Waals surface area contributed by atoms with Gasteiger partial charge < -0.3 is 19.6 Å². The molecule has 3 aromatic carbocycles. The van der Waals surface area contributed by atoms with Gasteiger partial charge in [0.2, 0.25) is 0 Å². The summed E-state index contributed by atoms with van der Waals surface area (Å²) in [6, 6.07) is 19.8. The summed E-state index contributed by atoms with van der Waals surface area (Å²) in [5.41, 5.74) is 1.16. The van der Waals surface area contributed by atoms with E-state index in [-0.39, 0.29) is 5.69 Å². The molecule has 0 fully saturated rings. The maximum Gasteiger partial charge on any atom is 0.287 e. The lowest BCUT2D eigenvalue weighted by Gasteiger charge is -2.23. The van der Waals surface area contributed by atoms with Gasteiger partial charge in [-0.15, -0.1) is 0 Å². The van der Waals surface area contributed by atoms with Gasteiger partial charge in [-0.05, 0) is 74.5 Å². The first-order valence-corrected chi connectivity index (χ1v) is 11.5. The number of nitrogens with zero attached hydrogens (tertiary/aromatic N) is 1. The van der Waals surface area contributed by atoms with Crippen LogP contribution in [0.3, 0.4) is 0 Å². The molecule has 0 saturated carbocycles. The van der Waals surface area contributed by atoms with Crippen LogP contribution in [0.1, 0.15) is 13.8 Å². The summed E-state index contributed by atoms with van der Waals surface area (Å²) in [4.78, 5) is 10.5. The number of rotatable bonds is 10. The van der Waals surface area contributed by atoms with Crippen LogP contribution in [0.4, 0.5) is 17.1 Å². The van der Waals surface area contributed by atoms with Crippen molar-refractivity contribution in [1.82, 2.24) is 0 Å². The van der Waals surface area contributed by atoms with Crippen LogP contribution >= 0.6 is 7.44 Å². The van der Waals surface area contributed by atoms with E-state index in [1.165, 1.54) is 24.3 Å². The smallest absolute Gasteiger partial charge is 0.287 e. The number of nitro benzene ring substituents is 1. The first kappa shape index (κ1) is 22.2. The molecule has 0 saturated heterocycles. The Kier molecular flexibility index (Phi) is 7.15. The van der Waals surface area contributed by atoms with E-state index in [9.17, 15) is 14.7 Å². The molecule has 0 aliphatic rings. The monoisotopic (exact) mass is 441 g/mol. The van der Waals surface area contributed by atoms with Crippen molar-refractivity contribution in [3.8, 4) is 11.5 Å². The third-order valence-electron chi connectivity index (χ3n) is 4.33. The fourth-order valence-corrected chi connectivity index (χ4v) is 4.80. The first-order chi connectivity index (χ1) is 14.9. The predicted octanol–water partition coefficient (Wildman–Crippen LogP) is 5.43. The Balaban J connectivity index is 1.92. The lowest BCUT2D eigenvalue weighted by atomic mass is 10.3. The topological polar surface area (TPSA) is 103 Å². The number of hydrogen-bond donors (Lipinski definition) is 2. The number of anilines is 2. The van der Waals surface area contributed by atoms with Gasteiger partial charge in [0.1, 0.15) is 11.5 Å². The Morgan fingerprint density at radius 2 is 1.19 bits per heavy atom. The maximum absolute atomic E-state index is 14.0. The van der Waals surface area contributed by atoms with E-state index < -0.39 is 12.4 Å². The van der Waals surface area contributed by atoms with Gasteiger partial charge >= 0.3 is 0 Å². The average molecular weight is 441 g/mol. The molecule has 3 aromatic rings. The second-order valence-electron chi connectivity index (χ2n) is 6.52. The highest BCUT2D eigenvalue weighted by Crippen LogP contribution is 2.45. The normalized spacial score (nSPS) is 10.9. The third-order valence-corrected chi connectivity index (χ3v) is 6.50. The third kappa shape index (κ3) is 5.77. The molecule has 0 aliphatic heterocycles. The average Bonchev–Trinajstić information content (AvgIpc) is 2.77. The van der Waals surface area contributed by atoms with Crippen molar-refractivity contribution in [2.45, 2.75) is 13.8 Å². The van der Waals surface area contributed by atoms with Crippen molar-refractivity contribution >= 4 is 29.8 Å². The van der Waals surface area contributed by atoms with Gasteiger partial charge in [-0.1, -0.05) is 0 Å². The molecule has 0 atom stereocenters. The molecule has 0 unspecified atom stereocenters. The second-order valence-corrected chi connectivity index (χ2v) is 8.70. The van der Waals surface area contributed by atoms with Gasteiger partial charge in [0, 0.05) is 23.5 Å². The van der Waals surface area contributed by atoms with E-state index in [4.69, 9.17) is 9.47 Å². The molecule has 0 aromatic heterocycles. The summed E-state index contributed by atoms with van der Waals surface area (Å²) in [7, 11) is -3.43. The quantitative estimate of drug-likeness (QED) is 0.245. The SMILES string of the molecule is CCOc1ccc(NP(=O)(Nc2ccc(OCC)cc2)c2ccc([N+](=O)[O-])cc2)cc1. The number of benzene rings is 3. The Morgan fingerprint density at radius 3 is 1.55 bits per heavy atom. The minimum Gasteiger partial charge on any atom is -0.494 e. The highest BCUT2D eigenvalue weighted by molar-refractivity contribution is 7.74. The highest BCUT2D eigenvalue weighted by Gasteiger charge is 2.26. The molecule has 0 spiro atoms. The molecule has 0 aliphatic carbocycles. The molecule has 8 nitrogen and oxygen atoms in total. The molecular formula is C22H24N3O5P. The molecule has 0 radical (unpaired) electrons. The molecule has 31 heavy (non-hydrogen) atoms. The number of non-ortho nitro benzene ring substituents is 1. The standard InChI is InChI=1S/C22H24N3O5P/c1-3-29-20-11-5-17(6-12-20)23-31(28,22-15-9-19(10-16-22)25(26)27)24-18-7-13-21(14-8-18)30-4-2/h5-16H,3-4H2,1-2H3,(H2,23,24,28). The number of nitro groups is 1. The minimum absolute atomic E-state index is 0.0718. The Labute approximate surface area is 180 Å². The van der Waals surface area contributed by atoms with Crippen molar-refractivity contribution in [3.05, 3.63) is 82.9 Å². The molecule has 0 bridgehead atoms. The fraction of sp³-hybridized carbons (Fsp3) is 0.182. The molecule has 2 N–H and O–H groups in total. The summed E-state index contributed by atoms with van der Waals surface area (Å²) in [6.07, 6.45) is 0. The van der Waals surface area contributed by atoms with E-state index in [1.54, 1.807) is 48.5 Å². The highest BCUT2D eigenvalue weighted by atomic mass is 31.2. The molecule has 0 heterocycles. The molecule has 0 amide bonds. The van der Waals surface area contributed by atoms with Crippen LogP contribution in [0.25, 0.3) is 0 Å². The van der Waals surface area contributed by atoms with Gasteiger partial charge in [0.15, 0.2) is 0 Å². The Hall–Kier alpha value is -3.51. The van der Waals surface area contributed by atoms with E-state index in [1.807, 2.05) is 13.8 Å². The summed E-state index contributed by atoms with van der Waals surface area (Å²) in [5, 5.41) is 17.5. The largest absolute Gasteiger partial charge is 0.494 e. The Bertz CT molecular complexity index is 999. The van der Waals surface area contributed by atoms with Crippen LogP contribution < -0.4 is 25.0 Å². The first-order valence-electron chi connectivity index (χ1n) is 9.81. The van der Waals surface area contributed by atoms with Crippen molar-refractivity contribution in [3.63, 3.8) is 0 Å². The maximum atomic E-state index is 14.0. The summed E-state index contributed by atoms with van der Waals surface area (Å²) in [5.74, 6) is 1.41. The molecule has 9 heteroatoms. The molecule has 3 rings (SSSR count). The summed E-state index contributed by atoms with van der Waals surface area (Å²) < 4.78 is 24.9. The van der Waals surface area contributed by atoms with E-state index in [0.29, 0.717) is 41.4 Å². The van der Waals surface area contributed by atoms with Crippen LogP contribution in [0.15, 0.2) is 72.8 Å². The minimum atomic E-state index is -3.43. The van der Waals surface area contributed by atoms with Crippen molar-refractivity contribution in [2.75, 3.05) is 23.4 Å². The second kappa shape index (κ2) is 10.00. The van der Waals surface area contributed by atoms with Gasteiger partial charge in [0.05, 0.1) is 23.4 Å². The lowest BCUT2D eigenvalue weighted by molar-refractivity contribution is -0.384. The summed E-state index contributed by atoms with van der Waals surface area (Å²) in [6.45, 7) is 4.89. The Morgan fingerprint density at radius 1 is 0.774 bits per heavy atom. The van der Waals surface area contributed by atoms with Crippen LogP contribution in [-0.4, -0.2) is 18.1 Å². The zero-order chi connectivity index (χ0) is 22.3. The van der Waals surface area contributed by atoms with E-state index >= 15 is 0 Å². The van der Waals surface area contributed by atoms with Crippen LogP contribution in [0.2, 0.25) is 0 Å². The summed E-state index contributed by atoms with van der Waals surface area (Å²) >= 11 is 0. The lowest BCUT2D eigenvalue weighted by Crippen LogP contribution is -2.18. The number of ether oxygens (including phenoxy) is 2. The molecular weight excluding hydrogens is 417 g/mol. The fourth-order valence-electron chi connectivity index (χ4n) is 2.89. The zero-order valence-electron chi connectivity index (χ0n) is 17.3. The van der Waals surface area contributed by atoms with E-state index in [0.717, 1.165) is 0 Å². The number of nitrogens with one attached hydrogen (secondary N) is 2. The van der Waals surface area contributed by atoms with Crippen LogP contribution in [0, 0.1) is 10.1 Å². The zero-order valence-corrected chi connectivity index (χ0v) is 18.2. The van der Waals surface area contributed by atoms with Crippen molar-refractivity contribution in [1.29, 1.82) is 0 Å². The predicted molar refractivity (Wildman–Crippen MR) is 123 cm³/mol. The van der Waals surface area contributed by atoms with Crippen molar-refractivity contribution < 1.29 is 19.0 Å². The van der Waals surface area contributed by atoms with Gasteiger partial charge in [-0.25, -0.2) is 0 Å². The van der Waals surface area contributed by atoms with Gasteiger partial charge in [-0.3, -0.25) is 14.7 Å². The van der Waals surface area contributed by atoms with E-state index in [2.05, 4.69) is 10.2 Å². The van der Waals surface area contributed by atoms with Gasteiger partial charge in [0.25, 0.3) is 13.1 Å². The van der Waals surface area contributed by atoms with Crippen molar-refractivity contribution in [2.24, 2.45) is 0 Å². The number of hydrogen-bond acceptors (Lipinski definition) is 5. The van der Waals surface area contributed by atoms with Crippen LogP contribution in [0.5, 0.6) is 11.5 Å². The molecule has 162 valence electrons. The van der Waals surface area contributed by atoms with Gasteiger partial charge in [-0.2, -0.15) is 0 Å². The van der Waals surface area contributed by atoms with Crippen LogP contribution in [-0.2, 0) is 4.57 Å².